The molecule has 0 radical (unpaired) electrons. The molecule has 1 atom stereocenters. The first-order chi connectivity index (χ1) is 10.1. The van der Waals surface area contributed by atoms with E-state index in [1.165, 1.54) is 4.88 Å². The first-order valence-corrected chi connectivity index (χ1v) is 8.05. The molecule has 0 spiro atoms. The summed E-state index contributed by atoms with van der Waals surface area (Å²) in [6.07, 6.45) is 0.289. The van der Waals surface area contributed by atoms with Crippen LogP contribution in [0.25, 0.3) is 0 Å². The minimum absolute atomic E-state index is 0.311. The molecule has 0 fully saturated rings. The normalized spacial score (nSPS) is 12.3. The zero-order valence-electron chi connectivity index (χ0n) is 11.9. The molecule has 2 aromatic rings. The summed E-state index contributed by atoms with van der Waals surface area (Å²) >= 11 is 7.53. The molecule has 21 heavy (non-hydrogen) atoms. The summed E-state index contributed by atoms with van der Waals surface area (Å²) in [6, 6.07) is 7.41. The number of halogens is 1. The number of anilines is 1. The molecule has 1 aromatic heterocycles. The Hall–Kier alpha value is -1.14. The van der Waals surface area contributed by atoms with E-state index in [0.717, 1.165) is 17.8 Å². The molecule has 0 aliphatic heterocycles. The van der Waals surface area contributed by atoms with E-state index < -0.39 is 6.10 Å². The van der Waals surface area contributed by atoms with Crippen molar-refractivity contribution >= 4 is 28.6 Å². The van der Waals surface area contributed by atoms with Crippen molar-refractivity contribution in [2.45, 2.75) is 19.4 Å². The van der Waals surface area contributed by atoms with Crippen molar-refractivity contribution in [3.8, 4) is 0 Å². The Bertz CT molecular complexity index is 562. The van der Waals surface area contributed by atoms with Gasteiger partial charge in [0.1, 0.15) is 0 Å². The number of rotatable bonds is 8. The summed E-state index contributed by atoms with van der Waals surface area (Å²) in [4.78, 5) is 5.43. The Morgan fingerprint density at radius 3 is 3.05 bits per heavy atom. The average Bonchev–Trinajstić information content (AvgIpc) is 2.87. The van der Waals surface area contributed by atoms with Crippen LogP contribution in [-0.2, 0) is 11.2 Å². The first kappa shape index (κ1) is 16.2. The van der Waals surface area contributed by atoms with Crippen LogP contribution in [0.2, 0.25) is 5.02 Å². The molecule has 0 amide bonds. The van der Waals surface area contributed by atoms with Crippen LogP contribution < -0.4 is 5.32 Å². The molecule has 2 N–H and O–H groups in total. The Morgan fingerprint density at radius 2 is 2.33 bits per heavy atom. The molecule has 1 aromatic carbocycles. The minimum atomic E-state index is -0.550. The summed E-state index contributed by atoms with van der Waals surface area (Å²) in [5.41, 5.74) is 3.79. The molecule has 1 unspecified atom stereocenters. The van der Waals surface area contributed by atoms with Crippen LogP contribution >= 0.6 is 22.9 Å². The molecule has 2 rings (SSSR count). The molecule has 0 aliphatic rings. The molecule has 114 valence electrons. The van der Waals surface area contributed by atoms with Gasteiger partial charge in [0.05, 0.1) is 30.5 Å². The fraction of sp³-hybridized carbons (Fsp3) is 0.400. The molecule has 0 bridgehead atoms. The molecule has 0 saturated heterocycles. The molecule has 0 aliphatic carbocycles. The van der Waals surface area contributed by atoms with Gasteiger partial charge in [-0.15, -0.1) is 11.3 Å². The third-order valence-corrected chi connectivity index (χ3v) is 4.22. The second-order valence-corrected chi connectivity index (χ2v) is 6.11. The lowest BCUT2D eigenvalue weighted by molar-refractivity contribution is 0.0449. The Labute approximate surface area is 133 Å². The van der Waals surface area contributed by atoms with Crippen LogP contribution in [0.15, 0.2) is 29.8 Å². The highest BCUT2D eigenvalue weighted by molar-refractivity contribution is 7.09. The molecular formula is C15H19ClN2O2S. The quantitative estimate of drug-likeness (QED) is 0.732. The van der Waals surface area contributed by atoms with Gasteiger partial charge in [-0.25, -0.2) is 4.98 Å². The number of nitrogens with one attached hydrogen (secondary N) is 1. The largest absolute Gasteiger partial charge is 0.389 e. The van der Waals surface area contributed by atoms with Crippen molar-refractivity contribution < 1.29 is 9.84 Å². The topological polar surface area (TPSA) is 54.4 Å². The number of aliphatic hydroxyl groups excluding tert-OH is 1. The predicted octanol–water partition coefficient (Wildman–Crippen LogP) is 3.14. The SMILES string of the molecule is Cc1ncsc1CCOCC(O)CNc1cccc(Cl)c1. The van der Waals surface area contributed by atoms with E-state index in [2.05, 4.69) is 10.3 Å². The molecule has 1 heterocycles. The van der Waals surface area contributed by atoms with Crippen molar-refractivity contribution in [1.82, 2.24) is 4.98 Å². The monoisotopic (exact) mass is 326 g/mol. The standard InChI is InChI=1S/C15H19ClN2O2S/c1-11-15(21-10-18-11)5-6-20-9-14(19)8-17-13-4-2-3-12(16)7-13/h2-4,7,10,14,17,19H,5-6,8-9H2,1H3. The maximum Gasteiger partial charge on any atom is 0.0945 e. The summed E-state index contributed by atoms with van der Waals surface area (Å²) in [6.45, 7) is 3.33. The maximum absolute atomic E-state index is 9.86. The third-order valence-electron chi connectivity index (χ3n) is 2.99. The van der Waals surface area contributed by atoms with E-state index in [1.54, 1.807) is 11.3 Å². The fourth-order valence-corrected chi connectivity index (χ4v) is 2.80. The van der Waals surface area contributed by atoms with Gasteiger partial charge in [0.2, 0.25) is 0 Å². The predicted molar refractivity (Wildman–Crippen MR) is 87.3 cm³/mol. The van der Waals surface area contributed by atoms with Crippen LogP contribution in [0, 0.1) is 6.92 Å². The third kappa shape index (κ3) is 5.63. The van der Waals surface area contributed by atoms with E-state index in [0.29, 0.717) is 24.8 Å². The van der Waals surface area contributed by atoms with Gasteiger partial charge in [-0.1, -0.05) is 17.7 Å². The summed E-state index contributed by atoms with van der Waals surface area (Å²) in [5, 5.41) is 13.7. The molecule has 0 saturated carbocycles. The zero-order chi connectivity index (χ0) is 15.1. The lowest BCUT2D eigenvalue weighted by Gasteiger charge is -2.13. The van der Waals surface area contributed by atoms with Gasteiger partial charge in [0.25, 0.3) is 0 Å². The van der Waals surface area contributed by atoms with Crippen LogP contribution in [0.3, 0.4) is 0 Å². The van der Waals surface area contributed by atoms with Crippen LogP contribution in [0.4, 0.5) is 5.69 Å². The lowest BCUT2D eigenvalue weighted by atomic mass is 10.3. The highest BCUT2D eigenvalue weighted by atomic mass is 35.5. The maximum atomic E-state index is 9.86. The van der Waals surface area contributed by atoms with Gasteiger partial charge in [-0.2, -0.15) is 0 Å². The van der Waals surface area contributed by atoms with E-state index in [9.17, 15) is 5.11 Å². The average molecular weight is 327 g/mol. The Morgan fingerprint density at radius 1 is 1.48 bits per heavy atom. The highest BCUT2D eigenvalue weighted by Crippen LogP contribution is 2.15. The fourth-order valence-electron chi connectivity index (χ4n) is 1.84. The Kier molecular flexibility index (Phi) is 6.45. The van der Waals surface area contributed by atoms with Gasteiger partial charge in [0.15, 0.2) is 0 Å². The number of aryl methyl sites for hydroxylation is 1. The number of hydrogen-bond acceptors (Lipinski definition) is 5. The van der Waals surface area contributed by atoms with Crippen LogP contribution in [0.1, 0.15) is 10.6 Å². The van der Waals surface area contributed by atoms with E-state index >= 15 is 0 Å². The number of hydrogen-bond donors (Lipinski definition) is 2. The summed E-state index contributed by atoms with van der Waals surface area (Å²) in [7, 11) is 0. The lowest BCUT2D eigenvalue weighted by Crippen LogP contribution is -2.25. The second-order valence-electron chi connectivity index (χ2n) is 4.73. The van der Waals surface area contributed by atoms with Crippen molar-refractivity contribution in [2.24, 2.45) is 0 Å². The second kappa shape index (κ2) is 8.34. The summed E-state index contributed by atoms with van der Waals surface area (Å²) in [5.74, 6) is 0. The van der Waals surface area contributed by atoms with Crippen LogP contribution in [-0.4, -0.2) is 36.0 Å². The number of ether oxygens (including phenoxy) is 1. The minimum Gasteiger partial charge on any atom is -0.389 e. The van der Waals surface area contributed by atoms with Gasteiger partial charge < -0.3 is 15.2 Å². The number of aromatic nitrogens is 1. The highest BCUT2D eigenvalue weighted by Gasteiger charge is 2.06. The van der Waals surface area contributed by atoms with Crippen molar-refractivity contribution in [3.63, 3.8) is 0 Å². The van der Waals surface area contributed by atoms with E-state index in [-0.39, 0.29) is 0 Å². The van der Waals surface area contributed by atoms with Crippen LogP contribution in [0.5, 0.6) is 0 Å². The molecule has 4 nitrogen and oxygen atoms in total. The van der Waals surface area contributed by atoms with Crippen molar-refractivity contribution in [3.05, 3.63) is 45.4 Å². The smallest absolute Gasteiger partial charge is 0.0945 e. The number of nitrogens with zero attached hydrogens (tertiary/aromatic N) is 1. The van der Waals surface area contributed by atoms with Crippen molar-refractivity contribution in [1.29, 1.82) is 0 Å². The van der Waals surface area contributed by atoms with Crippen molar-refractivity contribution in [2.75, 3.05) is 25.1 Å². The van der Waals surface area contributed by atoms with Gasteiger partial charge >= 0.3 is 0 Å². The zero-order valence-corrected chi connectivity index (χ0v) is 13.5. The van der Waals surface area contributed by atoms with Gasteiger partial charge in [-0.05, 0) is 25.1 Å². The molecule has 6 heteroatoms. The Balaban J connectivity index is 1.61. The number of thiazole rings is 1. The van der Waals surface area contributed by atoms with Gasteiger partial charge in [0, 0.05) is 28.6 Å². The molecular weight excluding hydrogens is 308 g/mol. The summed E-state index contributed by atoms with van der Waals surface area (Å²) < 4.78 is 5.50. The first-order valence-electron chi connectivity index (χ1n) is 6.79. The van der Waals surface area contributed by atoms with Gasteiger partial charge in [-0.3, -0.25) is 0 Å². The van der Waals surface area contributed by atoms with E-state index in [4.69, 9.17) is 16.3 Å². The number of aliphatic hydroxyl groups is 1. The van der Waals surface area contributed by atoms with E-state index in [1.807, 2.05) is 36.7 Å². The number of benzene rings is 1.